The molecule has 0 aromatic heterocycles. The highest BCUT2D eigenvalue weighted by molar-refractivity contribution is 6.40. The van der Waals surface area contributed by atoms with Crippen molar-refractivity contribution in [3.05, 3.63) is 45.4 Å². The zero-order valence-electron chi connectivity index (χ0n) is 12.9. The number of carbonyl (C=O) groups excluding carboxylic acids is 1. The van der Waals surface area contributed by atoms with Crippen LogP contribution in [0.5, 0.6) is 0 Å². The summed E-state index contributed by atoms with van der Waals surface area (Å²) in [5.74, 6) is -0.254. The first-order valence-corrected chi connectivity index (χ1v) is 7.58. The van der Waals surface area contributed by atoms with Crippen molar-refractivity contribution in [1.82, 2.24) is 0 Å². The van der Waals surface area contributed by atoms with Crippen molar-refractivity contribution >= 4 is 51.9 Å². The summed E-state index contributed by atoms with van der Waals surface area (Å²) in [6.45, 7) is 5.19. The summed E-state index contributed by atoms with van der Waals surface area (Å²) in [6.07, 6.45) is 0. The molecule has 0 saturated carbocycles. The van der Waals surface area contributed by atoms with E-state index in [2.05, 4.69) is 15.5 Å². The molecule has 2 aromatic carbocycles. The fourth-order valence-corrected chi connectivity index (χ4v) is 2.53. The molecule has 0 heterocycles. The predicted molar refractivity (Wildman–Crippen MR) is 95.3 cm³/mol. The number of halogens is 2. The maximum absolute atomic E-state index is 11.1. The van der Waals surface area contributed by atoms with Crippen molar-refractivity contribution in [3.63, 3.8) is 0 Å². The number of nitrogens with two attached hydrogens (primary N) is 1. The number of hydrogen-bond acceptors (Lipinski definition) is 4. The molecule has 0 saturated heterocycles. The van der Waals surface area contributed by atoms with Crippen LogP contribution < -0.4 is 11.1 Å². The molecule has 0 atom stereocenters. The van der Waals surface area contributed by atoms with Gasteiger partial charge in [0.15, 0.2) is 0 Å². The van der Waals surface area contributed by atoms with Crippen molar-refractivity contribution in [2.45, 2.75) is 20.8 Å². The van der Waals surface area contributed by atoms with Crippen LogP contribution >= 0.6 is 23.2 Å². The van der Waals surface area contributed by atoms with Crippen LogP contribution in [0.4, 0.5) is 22.7 Å². The van der Waals surface area contributed by atoms with Gasteiger partial charge in [-0.1, -0.05) is 23.2 Å². The average Bonchev–Trinajstić information content (AvgIpc) is 2.45. The number of nitrogens with zero attached hydrogens (tertiary/aromatic N) is 2. The van der Waals surface area contributed by atoms with Crippen molar-refractivity contribution in [2.75, 3.05) is 11.1 Å². The minimum Gasteiger partial charge on any atom is -0.399 e. The molecule has 2 aromatic rings. The quantitative estimate of drug-likeness (QED) is 0.560. The van der Waals surface area contributed by atoms with E-state index in [0.29, 0.717) is 27.1 Å². The third kappa shape index (κ3) is 4.21. The molecule has 0 bridgehead atoms. The van der Waals surface area contributed by atoms with Gasteiger partial charge in [-0.15, -0.1) is 0 Å². The highest BCUT2D eigenvalue weighted by Crippen LogP contribution is 2.36. The second kappa shape index (κ2) is 6.98. The lowest BCUT2D eigenvalue weighted by atomic mass is 10.1. The maximum Gasteiger partial charge on any atom is 0.221 e. The Balaban J connectivity index is 2.34. The van der Waals surface area contributed by atoms with Crippen LogP contribution in [0.25, 0.3) is 0 Å². The van der Waals surface area contributed by atoms with Gasteiger partial charge in [0.1, 0.15) is 0 Å². The Morgan fingerprint density at radius 2 is 1.65 bits per heavy atom. The highest BCUT2D eigenvalue weighted by Gasteiger charge is 2.10. The van der Waals surface area contributed by atoms with Crippen molar-refractivity contribution in [1.29, 1.82) is 0 Å². The molecule has 120 valence electrons. The SMILES string of the molecule is CC(=O)Nc1c(Cl)cc(/N=N/c2cc(C)c(N)cc2C)cc1Cl. The number of amides is 1. The number of anilines is 2. The van der Waals surface area contributed by atoms with Crippen molar-refractivity contribution < 1.29 is 4.79 Å². The molecule has 0 fully saturated rings. The van der Waals surface area contributed by atoms with Gasteiger partial charge in [-0.3, -0.25) is 4.79 Å². The third-order valence-electron chi connectivity index (χ3n) is 3.19. The highest BCUT2D eigenvalue weighted by atomic mass is 35.5. The topological polar surface area (TPSA) is 79.8 Å². The summed E-state index contributed by atoms with van der Waals surface area (Å²) in [7, 11) is 0. The minimum absolute atomic E-state index is 0.254. The first kappa shape index (κ1) is 17.2. The summed E-state index contributed by atoms with van der Waals surface area (Å²) in [4.78, 5) is 11.1. The van der Waals surface area contributed by atoms with E-state index in [1.807, 2.05) is 26.0 Å². The van der Waals surface area contributed by atoms with Gasteiger partial charge in [0.2, 0.25) is 5.91 Å². The fourth-order valence-electron chi connectivity index (χ4n) is 1.96. The molecule has 7 heteroatoms. The Bertz CT molecular complexity index is 780. The number of rotatable bonds is 3. The summed E-state index contributed by atoms with van der Waals surface area (Å²) in [5, 5.41) is 11.5. The smallest absolute Gasteiger partial charge is 0.221 e. The molecule has 3 N–H and O–H groups in total. The van der Waals surface area contributed by atoms with Gasteiger partial charge >= 0.3 is 0 Å². The first-order valence-electron chi connectivity index (χ1n) is 6.83. The van der Waals surface area contributed by atoms with Crippen LogP contribution in [-0.2, 0) is 4.79 Å². The second-order valence-electron chi connectivity index (χ2n) is 5.16. The number of carbonyl (C=O) groups is 1. The Kier molecular flexibility index (Phi) is 5.23. The maximum atomic E-state index is 11.1. The zero-order chi connectivity index (χ0) is 17.1. The van der Waals surface area contributed by atoms with E-state index in [1.165, 1.54) is 6.92 Å². The number of nitrogens with one attached hydrogen (secondary N) is 1. The van der Waals surface area contributed by atoms with E-state index in [0.717, 1.165) is 16.8 Å². The van der Waals surface area contributed by atoms with Crippen LogP contribution in [0.15, 0.2) is 34.5 Å². The molecule has 2 rings (SSSR count). The molecule has 0 aliphatic heterocycles. The van der Waals surface area contributed by atoms with E-state index >= 15 is 0 Å². The average molecular weight is 351 g/mol. The van der Waals surface area contributed by atoms with E-state index in [1.54, 1.807) is 12.1 Å². The van der Waals surface area contributed by atoms with Gasteiger partial charge in [-0.05, 0) is 49.2 Å². The molecule has 0 unspecified atom stereocenters. The number of aryl methyl sites for hydroxylation is 2. The molecule has 23 heavy (non-hydrogen) atoms. The Labute approximate surface area is 144 Å². The predicted octanol–water partition coefficient (Wildman–Crippen LogP) is 5.57. The fraction of sp³-hybridized carbons (Fsp3) is 0.188. The van der Waals surface area contributed by atoms with E-state index in [4.69, 9.17) is 28.9 Å². The summed E-state index contributed by atoms with van der Waals surface area (Å²) in [6, 6.07) is 6.88. The lowest BCUT2D eigenvalue weighted by Gasteiger charge is -2.08. The summed E-state index contributed by atoms with van der Waals surface area (Å²) < 4.78 is 0. The van der Waals surface area contributed by atoms with Crippen molar-refractivity contribution in [3.8, 4) is 0 Å². The van der Waals surface area contributed by atoms with E-state index < -0.39 is 0 Å². The van der Waals surface area contributed by atoms with E-state index in [-0.39, 0.29) is 5.91 Å². The zero-order valence-corrected chi connectivity index (χ0v) is 14.5. The first-order chi connectivity index (χ1) is 10.8. The molecule has 0 aliphatic carbocycles. The Morgan fingerprint density at radius 3 is 2.22 bits per heavy atom. The number of hydrogen-bond donors (Lipinski definition) is 2. The van der Waals surface area contributed by atoms with Gasteiger partial charge in [-0.2, -0.15) is 10.2 Å². The largest absolute Gasteiger partial charge is 0.399 e. The standard InChI is InChI=1S/C16H16Cl2N4O/c1-8-5-15(9(2)4-14(8)19)22-21-11-6-12(17)16(13(18)7-11)20-10(3)23/h4-7H,19H2,1-3H3,(H,20,23)/b22-21+. The lowest BCUT2D eigenvalue weighted by molar-refractivity contribution is -0.114. The molecule has 5 nitrogen and oxygen atoms in total. The van der Waals surface area contributed by atoms with Gasteiger partial charge in [0.25, 0.3) is 0 Å². The van der Waals surface area contributed by atoms with Crippen LogP contribution in [0.3, 0.4) is 0 Å². The van der Waals surface area contributed by atoms with Gasteiger partial charge < -0.3 is 11.1 Å². The number of azo groups is 1. The third-order valence-corrected chi connectivity index (χ3v) is 3.78. The minimum atomic E-state index is -0.254. The van der Waals surface area contributed by atoms with Crippen LogP contribution in [0.1, 0.15) is 18.1 Å². The molecular weight excluding hydrogens is 335 g/mol. The molecule has 0 aliphatic rings. The van der Waals surface area contributed by atoms with Gasteiger partial charge in [-0.25, -0.2) is 0 Å². The molecule has 1 amide bonds. The lowest BCUT2D eigenvalue weighted by Crippen LogP contribution is -2.06. The normalized spacial score (nSPS) is 11.0. The van der Waals surface area contributed by atoms with Crippen LogP contribution in [-0.4, -0.2) is 5.91 Å². The van der Waals surface area contributed by atoms with Gasteiger partial charge in [0.05, 0.1) is 27.1 Å². The molecule has 0 radical (unpaired) electrons. The molecular formula is C16H16Cl2N4O. The Morgan fingerprint density at radius 1 is 1.04 bits per heavy atom. The van der Waals surface area contributed by atoms with Crippen LogP contribution in [0.2, 0.25) is 10.0 Å². The molecule has 0 spiro atoms. The van der Waals surface area contributed by atoms with Crippen molar-refractivity contribution in [2.24, 2.45) is 10.2 Å². The summed E-state index contributed by atoms with van der Waals surface area (Å²) >= 11 is 12.2. The van der Waals surface area contributed by atoms with Crippen LogP contribution in [0, 0.1) is 13.8 Å². The van der Waals surface area contributed by atoms with Gasteiger partial charge in [0, 0.05) is 12.6 Å². The number of benzene rings is 2. The number of nitrogen functional groups attached to an aromatic ring is 1. The summed E-state index contributed by atoms with van der Waals surface area (Å²) in [5.41, 5.74) is 9.99. The Hall–Kier alpha value is -2.11. The second-order valence-corrected chi connectivity index (χ2v) is 5.98. The monoisotopic (exact) mass is 350 g/mol. The van der Waals surface area contributed by atoms with E-state index in [9.17, 15) is 4.79 Å².